The Bertz CT molecular complexity index is 769. The third kappa shape index (κ3) is 3.48. The minimum absolute atomic E-state index is 0.00272. The molecule has 2 N–H and O–H groups in total. The lowest BCUT2D eigenvalue weighted by Gasteiger charge is -2.11. The average molecular weight is 305 g/mol. The summed E-state index contributed by atoms with van der Waals surface area (Å²) in [6, 6.07) is 12.4. The summed E-state index contributed by atoms with van der Waals surface area (Å²) in [6.07, 6.45) is 0. The van der Waals surface area contributed by atoms with Gasteiger partial charge in [0.1, 0.15) is 0 Å². The van der Waals surface area contributed by atoms with Crippen LogP contribution >= 0.6 is 0 Å². The monoisotopic (exact) mass is 305 g/mol. The lowest BCUT2D eigenvalue weighted by atomic mass is 10.2. The Hall–Kier alpha value is -2.18. The van der Waals surface area contributed by atoms with Gasteiger partial charge in [0, 0.05) is 11.1 Å². The first-order valence-electron chi connectivity index (χ1n) is 6.26. The van der Waals surface area contributed by atoms with Crippen LogP contribution in [-0.2, 0) is 16.6 Å². The van der Waals surface area contributed by atoms with Crippen molar-refractivity contribution in [1.29, 1.82) is 0 Å². The minimum atomic E-state index is -3.82. The number of aliphatic hydroxyl groups excluding tert-OH is 1. The molecule has 0 radical (unpaired) electrons. The standard InChI is InChI=1S/C15H15NO4S/c1-11(18)12-6-4-7-14(9-12)21(19,20)16-15-8-3-2-5-13(15)10-17/h2-9,16-17H,10H2,1H3. The molecule has 0 amide bonds. The quantitative estimate of drug-likeness (QED) is 0.829. The van der Waals surface area contributed by atoms with Crippen LogP contribution in [0.1, 0.15) is 22.8 Å². The van der Waals surface area contributed by atoms with E-state index in [1.807, 2.05) is 0 Å². The Labute approximate surface area is 123 Å². The van der Waals surface area contributed by atoms with Crippen molar-refractivity contribution in [1.82, 2.24) is 0 Å². The highest BCUT2D eigenvalue weighted by atomic mass is 32.2. The van der Waals surface area contributed by atoms with Crippen molar-refractivity contribution >= 4 is 21.5 Å². The second kappa shape index (κ2) is 6.07. The topological polar surface area (TPSA) is 83.5 Å². The van der Waals surface area contributed by atoms with Gasteiger partial charge in [-0.1, -0.05) is 30.3 Å². The lowest BCUT2D eigenvalue weighted by molar-refractivity contribution is 0.101. The molecule has 0 saturated heterocycles. The smallest absolute Gasteiger partial charge is 0.261 e. The highest BCUT2D eigenvalue weighted by molar-refractivity contribution is 7.92. The van der Waals surface area contributed by atoms with Gasteiger partial charge in [0.15, 0.2) is 5.78 Å². The van der Waals surface area contributed by atoms with Gasteiger partial charge in [-0.3, -0.25) is 9.52 Å². The van der Waals surface area contributed by atoms with Crippen LogP contribution in [0.2, 0.25) is 0 Å². The van der Waals surface area contributed by atoms with E-state index in [1.165, 1.54) is 25.1 Å². The largest absolute Gasteiger partial charge is 0.392 e. The molecule has 0 aliphatic heterocycles. The van der Waals surface area contributed by atoms with Crippen LogP contribution in [-0.4, -0.2) is 19.3 Å². The molecule has 0 aromatic heterocycles. The number of Topliss-reactive ketones (excluding diaryl/α,β-unsaturated/α-hetero) is 1. The maximum absolute atomic E-state index is 12.3. The van der Waals surface area contributed by atoms with E-state index in [1.54, 1.807) is 30.3 Å². The fraction of sp³-hybridized carbons (Fsp3) is 0.133. The fourth-order valence-corrected chi connectivity index (χ4v) is 2.99. The number of ketones is 1. The van der Waals surface area contributed by atoms with Gasteiger partial charge in [0.25, 0.3) is 10.0 Å². The maximum Gasteiger partial charge on any atom is 0.261 e. The SMILES string of the molecule is CC(=O)c1cccc(S(=O)(=O)Nc2ccccc2CO)c1. The molecule has 110 valence electrons. The van der Waals surface area contributed by atoms with Gasteiger partial charge >= 0.3 is 0 Å². The molecule has 0 atom stereocenters. The van der Waals surface area contributed by atoms with Crippen molar-refractivity contribution < 1.29 is 18.3 Å². The molecule has 2 aromatic rings. The second-order valence-corrected chi connectivity index (χ2v) is 6.19. The predicted octanol–water partition coefficient (Wildman–Crippen LogP) is 2.18. The molecular formula is C15H15NO4S. The molecule has 21 heavy (non-hydrogen) atoms. The van der Waals surface area contributed by atoms with Gasteiger partial charge < -0.3 is 5.11 Å². The third-order valence-electron chi connectivity index (χ3n) is 2.98. The van der Waals surface area contributed by atoms with Crippen molar-refractivity contribution in [2.45, 2.75) is 18.4 Å². The highest BCUT2D eigenvalue weighted by Crippen LogP contribution is 2.20. The van der Waals surface area contributed by atoms with Crippen molar-refractivity contribution in [3.8, 4) is 0 Å². The Kier molecular flexibility index (Phi) is 4.40. The van der Waals surface area contributed by atoms with Crippen LogP contribution in [0.4, 0.5) is 5.69 Å². The molecule has 0 heterocycles. The van der Waals surface area contributed by atoms with Crippen LogP contribution in [0.5, 0.6) is 0 Å². The van der Waals surface area contributed by atoms with E-state index in [2.05, 4.69) is 4.72 Å². The Morgan fingerprint density at radius 3 is 2.52 bits per heavy atom. The van der Waals surface area contributed by atoms with E-state index in [0.717, 1.165) is 0 Å². The number of para-hydroxylation sites is 1. The molecule has 0 fully saturated rings. The number of aliphatic hydroxyl groups is 1. The highest BCUT2D eigenvalue weighted by Gasteiger charge is 2.16. The van der Waals surface area contributed by atoms with E-state index >= 15 is 0 Å². The number of hydrogen-bond acceptors (Lipinski definition) is 4. The number of anilines is 1. The third-order valence-corrected chi connectivity index (χ3v) is 4.35. The number of nitrogens with one attached hydrogen (secondary N) is 1. The Morgan fingerprint density at radius 2 is 1.86 bits per heavy atom. The summed E-state index contributed by atoms with van der Waals surface area (Å²) in [5.41, 5.74) is 1.12. The predicted molar refractivity (Wildman–Crippen MR) is 79.6 cm³/mol. The molecular weight excluding hydrogens is 290 g/mol. The molecule has 6 heteroatoms. The molecule has 2 aromatic carbocycles. The van der Waals surface area contributed by atoms with Crippen LogP contribution in [0.3, 0.4) is 0 Å². The molecule has 0 aliphatic rings. The molecule has 2 rings (SSSR count). The van der Waals surface area contributed by atoms with Gasteiger partial charge in [0.2, 0.25) is 0 Å². The van der Waals surface area contributed by atoms with Gasteiger partial charge in [-0.2, -0.15) is 0 Å². The Balaban J connectivity index is 2.39. The van der Waals surface area contributed by atoms with E-state index < -0.39 is 10.0 Å². The summed E-state index contributed by atoms with van der Waals surface area (Å²) < 4.78 is 27.1. The van der Waals surface area contributed by atoms with Crippen LogP contribution in [0.25, 0.3) is 0 Å². The fourth-order valence-electron chi connectivity index (χ4n) is 1.84. The minimum Gasteiger partial charge on any atom is -0.392 e. The van der Waals surface area contributed by atoms with E-state index in [4.69, 9.17) is 0 Å². The van der Waals surface area contributed by atoms with Gasteiger partial charge in [-0.25, -0.2) is 8.42 Å². The zero-order chi connectivity index (χ0) is 15.5. The summed E-state index contributed by atoms with van der Waals surface area (Å²) in [7, 11) is -3.82. The normalized spacial score (nSPS) is 11.1. The first kappa shape index (κ1) is 15.2. The number of sulfonamides is 1. The number of hydrogen-bond donors (Lipinski definition) is 2. The van der Waals surface area contributed by atoms with Crippen molar-refractivity contribution in [2.24, 2.45) is 0 Å². The molecule has 0 bridgehead atoms. The summed E-state index contributed by atoms with van der Waals surface area (Å²) in [5, 5.41) is 9.22. The average Bonchev–Trinajstić information content (AvgIpc) is 2.47. The molecule has 5 nitrogen and oxygen atoms in total. The number of carbonyl (C=O) groups excluding carboxylic acids is 1. The second-order valence-electron chi connectivity index (χ2n) is 4.50. The molecule has 0 unspecified atom stereocenters. The van der Waals surface area contributed by atoms with Crippen molar-refractivity contribution in [2.75, 3.05) is 4.72 Å². The van der Waals surface area contributed by atoms with Gasteiger partial charge in [-0.15, -0.1) is 0 Å². The summed E-state index contributed by atoms with van der Waals surface area (Å²) in [4.78, 5) is 11.3. The zero-order valence-electron chi connectivity index (χ0n) is 11.4. The first-order valence-corrected chi connectivity index (χ1v) is 7.75. The van der Waals surface area contributed by atoms with Crippen LogP contribution in [0, 0.1) is 0 Å². The molecule has 0 saturated carbocycles. The zero-order valence-corrected chi connectivity index (χ0v) is 12.2. The summed E-state index contributed by atoms with van der Waals surface area (Å²) in [6.45, 7) is 1.10. The summed E-state index contributed by atoms with van der Waals surface area (Å²) in [5.74, 6) is -0.206. The molecule has 0 spiro atoms. The molecule has 0 aliphatic carbocycles. The first-order chi connectivity index (χ1) is 9.94. The van der Waals surface area contributed by atoms with Gasteiger partial charge in [-0.05, 0) is 25.1 Å². The number of benzene rings is 2. The van der Waals surface area contributed by atoms with Crippen LogP contribution in [0.15, 0.2) is 53.4 Å². The van der Waals surface area contributed by atoms with Crippen molar-refractivity contribution in [3.63, 3.8) is 0 Å². The van der Waals surface area contributed by atoms with Gasteiger partial charge in [0.05, 0.1) is 17.2 Å². The van der Waals surface area contributed by atoms with E-state index in [9.17, 15) is 18.3 Å². The van der Waals surface area contributed by atoms with Crippen molar-refractivity contribution in [3.05, 3.63) is 59.7 Å². The Morgan fingerprint density at radius 1 is 1.14 bits per heavy atom. The van der Waals surface area contributed by atoms with E-state index in [-0.39, 0.29) is 17.3 Å². The maximum atomic E-state index is 12.3. The van der Waals surface area contributed by atoms with E-state index in [0.29, 0.717) is 16.8 Å². The number of carbonyl (C=O) groups is 1. The lowest BCUT2D eigenvalue weighted by Crippen LogP contribution is -2.14. The number of rotatable bonds is 5. The van der Waals surface area contributed by atoms with Crippen LogP contribution < -0.4 is 4.72 Å². The summed E-state index contributed by atoms with van der Waals surface area (Å²) >= 11 is 0.